The first kappa shape index (κ1) is 17.7. The highest BCUT2D eigenvalue weighted by molar-refractivity contribution is 5.88. The number of oxime groups is 1. The van der Waals surface area contributed by atoms with Gasteiger partial charge in [0.15, 0.2) is 0 Å². The Labute approximate surface area is 136 Å². The lowest BCUT2D eigenvalue weighted by atomic mass is 9.84. The molecule has 0 aromatic rings. The molecule has 2 fully saturated rings. The van der Waals surface area contributed by atoms with E-state index < -0.39 is 0 Å². The molecule has 2 unspecified atom stereocenters. The largest absolute Gasteiger partial charge is 0.399 e. The van der Waals surface area contributed by atoms with E-state index in [1.54, 1.807) is 7.11 Å². The number of nitrogens with zero attached hydrogens (tertiary/aromatic N) is 3. The Morgan fingerprint density at radius 3 is 2.50 bits per heavy atom. The van der Waals surface area contributed by atoms with Crippen molar-refractivity contribution in [3.63, 3.8) is 0 Å². The minimum absolute atomic E-state index is 0.544. The average Bonchev–Trinajstić information content (AvgIpc) is 2.77. The third-order valence-electron chi connectivity index (χ3n) is 5.70. The van der Waals surface area contributed by atoms with Crippen molar-refractivity contribution in [1.82, 2.24) is 9.80 Å². The number of hydrogen-bond donors (Lipinski definition) is 0. The van der Waals surface area contributed by atoms with E-state index in [9.17, 15) is 0 Å². The molecule has 2 rings (SSSR count). The highest BCUT2D eigenvalue weighted by Crippen LogP contribution is 2.27. The zero-order chi connectivity index (χ0) is 15.9. The van der Waals surface area contributed by atoms with Crippen molar-refractivity contribution in [1.29, 1.82) is 0 Å². The van der Waals surface area contributed by atoms with Crippen LogP contribution in [0.25, 0.3) is 0 Å². The zero-order valence-corrected chi connectivity index (χ0v) is 15.1. The lowest BCUT2D eigenvalue weighted by Crippen LogP contribution is -2.43. The fourth-order valence-corrected chi connectivity index (χ4v) is 4.03. The molecule has 0 aliphatic carbocycles. The number of piperidine rings is 1. The van der Waals surface area contributed by atoms with E-state index in [-0.39, 0.29) is 0 Å². The molecule has 0 aromatic carbocycles. The molecule has 2 atom stereocenters. The maximum Gasteiger partial charge on any atom is 0.106 e. The molecule has 128 valence electrons. The van der Waals surface area contributed by atoms with Crippen LogP contribution < -0.4 is 0 Å². The van der Waals surface area contributed by atoms with E-state index >= 15 is 0 Å². The molecule has 2 heterocycles. The molecule has 2 aliphatic heterocycles. The maximum atomic E-state index is 5.12. The molecule has 0 bridgehead atoms. The molecule has 22 heavy (non-hydrogen) atoms. The van der Waals surface area contributed by atoms with Crippen LogP contribution in [0, 0.1) is 11.8 Å². The second kappa shape index (κ2) is 8.88. The smallest absolute Gasteiger partial charge is 0.106 e. The van der Waals surface area contributed by atoms with E-state index in [1.807, 2.05) is 0 Å². The molecule has 4 heteroatoms. The average molecular weight is 309 g/mol. The van der Waals surface area contributed by atoms with Crippen molar-refractivity contribution in [3.05, 3.63) is 0 Å². The summed E-state index contributed by atoms with van der Waals surface area (Å²) >= 11 is 0. The molecule has 0 radical (unpaired) electrons. The van der Waals surface area contributed by atoms with Crippen LogP contribution in [0.3, 0.4) is 0 Å². The van der Waals surface area contributed by atoms with Gasteiger partial charge in [-0.3, -0.25) is 0 Å². The van der Waals surface area contributed by atoms with Gasteiger partial charge in [-0.1, -0.05) is 19.0 Å². The van der Waals surface area contributed by atoms with Crippen LogP contribution in [-0.4, -0.2) is 61.9 Å². The lowest BCUT2D eigenvalue weighted by Gasteiger charge is -2.38. The van der Waals surface area contributed by atoms with Gasteiger partial charge in [0.05, 0.1) is 5.71 Å². The summed E-state index contributed by atoms with van der Waals surface area (Å²) in [6, 6.07) is 0.803. The summed E-state index contributed by atoms with van der Waals surface area (Å²) in [4.78, 5) is 10.4. The van der Waals surface area contributed by atoms with Gasteiger partial charge in [-0.15, -0.1) is 0 Å². The van der Waals surface area contributed by atoms with E-state index in [0.717, 1.165) is 12.5 Å². The summed E-state index contributed by atoms with van der Waals surface area (Å²) in [6.45, 7) is 9.52. The van der Waals surface area contributed by atoms with Crippen LogP contribution in [0.2, 0.25) is 0 Å². The van der Waals surface area contributed by atoms with Crippen LogP contribution in [0.4, 0.5) is 0 Å². The van der Waals surface area contributed by atoms with Crippen molar-refractivity contribution >= 4 is 5.71 Å². The lowest BCUT2D eigenvalue weighted by molar-refractivity contribution is 0.133. The quantitative estimate of drug-likeness (QED) is 0.576. The predicted octanol–water partition coefficient (Wildman–Crippen LogP) is 3.23. The summed E-state index contributed by atoms with van der Waals surface area (Å²) in [5.74, 6) is 1.17. The van der Waals surface area contributed by atoms with Crippen LogP contribution in [-0.2, 0) is 4.84 Å². The second-order valence-corrected chi connectivity index (χ2v) is 7.21. The summed E-state index contributed by atoms with van der Waals surface area (Å²) in [6.07, 6.45) is 7.71. The molecule has 2 aliphatic rings. The molecule has 0 N–H and O–H groups in total. The van der Waals surface area contributed by atoms with E-state index in [4.69, 9.17) is 4.84 Å². The Bertz CT molecular complexity index is 350. The molecule has 0 aromatic heterocycles. The highest BCUT2D eigenvalue weighted by Gasteiger charge is 2.30. The number of likely N-dealkylation sites (tertiary alicyclic amines) is 2. The van der Waals surface area contributed by atoms with Gasteiger partial charge in [0.25, 0.3) is 0 Å². The predicted molar refractivity (Wildman–Crippen MR) is 93.3 cm³/mol. The summed E-state index contributed by atoms with van der Waals surface area (Å²) < 4.78 is 0. The minimum Gasteiger partial charge on any atom is -0.399 e. The van der Waals surface area contributed by atoms with E-state index in [2.05, 4.69) is 35.9 Å². The van der Waals surface area contributed by atoms with Gasteiger partial charge in [0.1, 0.15) is 7.11 Å². The normalized spacial score (nSPS) is 28.4. The van der Waals surface area contributed by atoms with Crippen molar-refractivity contribution in [2.75, 3.05) is 40.3 Å². The van der Waals surface area contributed by atoms with Gasteiger partial charge in [-0.25, -0.2) is 0 Å². The molecule has 0 amide bonds. The summed E-state index contributed by atoms with van der Waals surface area (Å²) in [5, 5.41) is 4.37. The van der Waals surface area contributed by atoms with E-state index in [0.29, 0.717) is 11.8 Å². The molecule has 2 saturated heterocycles. The third kappa shape index (κ3) is 4.69. The molecule has 4 nitrogen and oxygen atoms in total. The fourth-order valence-electron chi connectivity index (χ4n) is 4.03. The number of hydrogen-bond acceptors (Lipinski definition) is 4. The molecule has 0 spiro atoms. The molecular formula is C18H35N3O. The van der Waals surface area contributed by atoms with Crippen LogP contribution in [0.15, 0.2) is 5.16 Å². The molecule has 0 saturated carbocycles. The Kier molecular flexibility index (Phi) is 7.16. The van der Waals surface area contributed by atoms with Gasteiger partial charge in [0.2, 0.25) is 0 Å². The first-order valence-electron chi connectivity index (χ1n) is 9.19. The van der Waals surface area contributed by atoms with Crippen LogP contribution in [0.5, 0.6) is 0 Å². The zero-order valence-electron chi connectivity index (χ0n) is 15.1. The van der Waals surface area contributed by atoms with Gasteiger partial charge in [-0.2, -0.15) is 0 Å². The first-order valence-corrected chi connectivity index (χ1v) is 9.19. The Hall–Kier alpha value is -0.610. The maximum absolute atomic E-state index is 5.12. The summed E-state index contributed by atoms with van der Waals surface area (Å²) in [7, 11) is 3.94. The molecular weight excluding hydrogens is 274 g/mol. The van der Waals surface area contributed by atoms with Gasteiger partial charge in [-0.05, 0) is 77.7 Å². The summed E-state index contributed by atoms with van der Waals surface area (Å²) in [5.41, 5.74) is 1.30. The Balaban J connectivity index is 1.87. The van der Waals surface area contributed by atoms with Gasteiger partial charge >= 0.3 is 0 Å². The van der Waals surface area contributed by atoms with Crippen molar-refractivity contribution < 1.29 is 4.84 Å². The van der Waals surface area contributed by atoms with Crippen LogP contribution in [0.1, 0.15) is 52.4 Å². The van der Waals surface area contributed by atoms with Crippen molar-refractivity contribution in [2.45, 2.75) is 58.4 Å². The fraction of sp³-hybridized carbons (Fsp3) is 0.944. The van der Waals surface area contributed by atoms with Gasteiger partial charge in [0, 0.05) is 12.0 Å². The SMILES string of the molecule is CCC(C)C(=NOC)C1CCN(C2CCCN(C)CC2)CC1. The van der Waals surface area contributed by atoms with Crippen LogP contribution >= 0.6 is 0 Å². The second-order valence-electron chi connectivity index (χ2n) is 7.21. The highest BCUT2D eigenvalue weighted by atomic mass is 16.6. The Morgan fingerprint density at radius 1 is 1.14 bits per heavy atom. The Morgan fingerprint density at radius 2 is 1.86 bits per heavy atom. The third-order valence-corrected chi connectivity index (χ3v) is 5.70. The topological polar surface area (TPSA) is 28.1 Å². The number of rotatable bonds is 5. The monoisotopic (exact) mass is 309 g/mol. The van der Waals surface area contributed by atoms with E-state index in [1.165, 1.54) is 64.0 Å². The van der Waals surface area contributed by atoms with Crippen molar-refractivity contribution in [2.24, 2.45) is 17.0 Å². The van der Waals surface area contributed by atoms with Gasteiger partial charge < -0.3 is 14.6 Å². The first-order chi connectivity index (χ1) is 10.7. The standard InChI is InChI=1S/C18H35N3O/c1-5-15(2)18(19-22-4)16-8-13-21(14-9-16)17-7-6-11-20(3)12-10-17/h15-17H,5-14H2,1-4H3. The van der Waals surface area contributed by atoms with Crippen molar-refractivity contribution in [3.8, 4) is 0 Å². The minimum atomic E-state index is 0.544.